The molecule has 0 bridgehead atoms. The van der Waals surface area contributed by atoms with Gasteiger partial charge in [0.2, 0.25) is 5.91 Å². The van der Waals surface area contributed by atoms with Crippen molar-refractivity contribution in [3.8, 4) is 0 Å². The summed E-state index contributed by atoms with van der Waals surface area (Å²) in [4.78, 5) is 26.7. The van der Waals surface area contributed by atoms with Gasteiger partial charge in [-0.05, 0) is 38.0 Å². The molecular weight excluding hydrogens is 330 g/mol. The van der Waals surface area contributed by atoms with E-state index in [4.69, 9.17) is 9.47 Å². The molecule has 1 rings (SSSR count). The van der Waals surface area contributed by atoms with Crippen LogP contribution >= 0.6 is 0 Å². The zero-order valence-corrected chi connectivity index (χ0v) is 17.7. The Labute approximate surface area is 159 Å². The predicted molar refractivity (Wildman–Crippen MR) is 104 cm³/mol. The highest BCUT2D eigenvalue weighted by atomic mass is 16.6. The molecule has 0 N–H and O–H groups in total. The summed E-state index contributed by atoms with van der Waals surface area (Å²) in [7, 11) is 5.23. The van der Waals surface area contributed by atoms with Crippen molar-refractivity contribution in [2.24, 2.45) is 23.2 Å². The standard InChI is InChI=1S/C21H39NO4/c1-7-21(3,20(24)26-13-12-25-6)15-18(17-10-8-9-11-17)14-16(2)19(23)22(4)5/h16-18H,7-15H2,1-6H3. The van der Waals surface area contributed by atoms with Crippen molar-refractivity contribution in [3.05, 3.63) is 0 Å². The summed E-state index contributed by atoms with van der Waals surface area (Å²) in [5.74, 6) is 1.03. The largest absolute Gasteiger partial charge is 0.463 e. The molecule has 3 unspecified atom stereocenters. The first-order valence-corrected chi connectivity index (χ1v) is 10.1. The van der Waals surface area contributed by atoms with E-state index in [1.807, 2.05) is 27.9 Å². The molecule has 1 fully saturated rings. The first-order chi connectivity index (χ1) is 12.2. The van der Waals surface area contributed by atoms with E-state index in [1.165, 1.54) is 25.7 Å². The Bertz CT molecular complexity index is 445. The Hall–Kier alpha value is -1.10. The van der Waals surface area contributed by atoms with E-state index in [2.05, 4.69) is 6.92 Å². The Morgan fingerprint density at radius 3 is 2.31 bits per heavy atom. The lowest BCUT2D eigenvalue weighted by molar-refractivity contribution is -0.158. The third-order valence-corrected chi connectivity index (χ3v) is 6.09. The van der Waals surface area contributed by atoms with Crippen LogP contribution in [-0.4, -0.2) is 51.2 Å². The highest BCUT2D eigenvalue weighted by Gasteiger charge is 2.39. The smallest absolute Gasteiger partial charge is 0.311 e. The van der Waals surface area contributed by atoms with Crippen LogP contribution in [0.5, 0.6) is 0 Å². The van der Waals surface area contributed by atoms with Crippen molar-refractivity contribution in [2.75, 3.05) is 34.4 Å². The number of carbonyl (C=O) groups is 2. The molecule has 1 aliphatic rings. The van der Waals surface area contributed by atoms with Gasteiger partial charge < -0.3 is 14.4 Å². The first kappa shape index (κ1) is 22.9. The molecule has 0 saturated heterocycles. The summed E-state index contributed by atoms with van der Waals surface area (Å²) in [5, 5.41) is 0. The summed E-state index contributed by atoms with van der Waals surface area (Å²) < 4.78 is 10.4. The molecule has 152 valence electrons. The number of nitrogens with zero attached hydrogens (tertiary/aromatic N) is 1. The van der Waals surface area contributed by atoms with Gasteiger partial charge in [0.15, 0.2) is 0 Å². The molecule has 0 heterocycles. The minimum absolute atomic E-state index is 0.0128. The van der Waals surface area contributed by atoms with Crippen molar-refractivity contribution in [1.29, 1.82) is 0 Å². The van der Waals surface area contributed by atoms with Gasteiger partial charge in [0.05, 0.1) is 12.0 Å². The number of esters is 1. The molecule has 0 aromatic carbocycles. The molecule has 0 aliphatic heterocycles. The van der Waals surface area contributed by atoms with Crippen LogP contribution in [0.25, 0.3) is 0 Å². The van der Waals surface area contributed by atoms with E-state index in [1.54, 1.807) is 12.0 Å². The number of amides is 1. The lowest BCUT2D eigenvalue weighted by Gasteiger charge is -2.35. The Morgan fingerprint density at radius 2 is 1.81 bits per heavy atom. The van der Waals surface area contributed by atoms with Crippen LogP contribution in [0.1, 0.15) is 65.7 Å². The van der Waals surface area contributed by atoms with Gasteiger partial charge in [0.1, 0.15) is 6.61 Å². The van der Waals surface area contributed by atoms with Gasteiger partial charge in [0.25, 0.3) is 0 Å². The molecule has 5 nitrogen and oxygen atoms in total. The van der Waals surface area contributed by atoms with Crippen molar-refractivity contribution < 1.29 is 19.1 Å². The average Bonchev–Trinajstić information content (AvgIpc) is 3.14. The second-order valence-corrected chi connectivity index (χ2v) is 8.42. The maximum Gasteiger partial charge on any atom is 0.311 e. The fourth-order valence-corrected chi connectivity index (χ4v) is 4.21. The number of hydrogen-bond donors (Lipinski definition) is 0. The van der Waals surface area contributed by atoms with Crippen LogP contribution in [0.15, 0.2) is 0 Å². The van der Waals surface area contributed by atoms with E-state index in [0.717, 1.165) is 19.3 Å². The molecular formula is C21H39NO4. The van der Waals surface area contributed by atoms with Crippen molar-refractivity contribution in [2.45, 2.75) is 65.7 Å². The van der Waals surface area contributed by atoms with E-state index in [-0.39, 0.29) is 17.8 Å². The van der Waals surface area contributed by atoms with Crippen LogP contribution in [0, 0.1) is 23.2 Å². The van der Waals surface area contributed by atoms with Gasteiger partial charge in [0, 0.05) is 27.1 Å². The molecule has 0 radical (unpaired) electrons. The second-order valence-electron chi connectivity index (χ2n) is 8.42. The number of methoxy groups -OCH3 is 1. The quantitative estimate of drug-likeness (QED) is 0.409. The Balaban J connectivity index is 2.84. The molecule has 0 spiro atoms. The lowest BCUT2D eigenvalue weighted by atomic mass is 9.71. The van der Waals surface area contributed by atoms with E-state index >= 15 is 0 Å². The van der Waals surface area contributed by atoms with Gasteiger partial charge >= 0.3 is 5.97 Å². The van der Waals surface area contributed by atoms with Gasteiger partial charge in [-0.1, -0.05) is 39.5 Å². The van der Waals surface area contributed by atoms with Gasteiger partial charge in [-0.15, -0.1) is 0 Å². The fourth-order valence-electron chi connectivity index (χ4n) is 4.21. The minimum atomic E-state index is -0.498. The van der Waals surface area contributed by atoms with E-state index in [0.29, 0.717) is 25.0 Å². The van der Waals surface area contributed by atoms with Gasteiger partial charge in [-0.3, -0.25) is 9.59 Å². The maximum absolute atomic E-state index is 12.7. The van der Waals surface area contributed by atoms with Crippen LogP contribution in [-0.2, 0) is 19.1 Å². The van der Waals surface area contributed by atoms with Gasteiger partial charge in [-0.25, -0.2) is 0 Å². The van der Waals surface area contributed by atoms with Crippen molar-refractivity contribution in [1.82, 2.24) is 4.90 Å². The average molecular weight is 370 g/mol. The predicted octanol–water partition coefficient (Wildman–Crippen LogP) is 3.90. The van der Waals surface area contributed by atoms with Crippen molar-refractivity contribution in [3.63, 3.8) is 0 Å². The van der Waals surface area contributed by atoms with Crippen LogP contribution < -0.4 is 0 Å². The summed E-state index contributed by atoms with van der Waals surface area (Å²) in [6, 6.07) is 0. The number of rotatable bonds is 11. The second kappa shape index (κ2) is 10.9. The Kier molecular flexibility index (Phi) is 9.62. The third kappa shape index (κ3) is 6.57. The van der Waals surface area contributed by atoms with Gasteiger partial charge in [-0.2, -0.15) is 0 Å². The molecule has 5 heteroatoms. The van der Waals surface area contributed by atoms with Crippen LogP contribution in [0.4, 0.5) is 0 Å². The number of hydrogen-bond acceptors (Lipinski definition) is 4. The molecule has 1 aliphatic carbocycles. The first-order valence-electron chi connectivity index (χ1n) is 10.1. The zero-order valence-electron chi connectivity index (χ0n) is 17.7. The normalized spacial score (nSPS) is 19.6. The third-order valence-electron chi connectivity index (χ3n) is 6.09. The minimum Gasteiger partial charge on any atom is -0.463 e. The zero-order chi connectivity index (χ0) is 19.7. The Morgan fingerprint density at radius 1 is 1.19 bits per heavy atom. The lowest BCUT2D eigenvalue weighted by Crippen LogP contribution is -2.36. The van der Waals surface area contributed by atoms with Crippen molar-refractivity contribution >= 4 is 11.9 Å². The summed E-state index contributed by atoms with van der Waals surface area (Å²) >= 11 is 0. The maximum atomic E-state index is 12.7. The summed E-state index contributed by atoms with van der Waals surface area (Å²) in [5.41, 5.74) is -0.498. The summed E-state index contributed by atoms with van der Waals surface area (Å²) in [6.45, 7) is 6.81. The topological polar surface area (TPSA) is 55.8 Å². The SMILES string of the molecule is CCC(C)(CC(CC(C)C(=O)N(C)C)C1CCCC1)C(=O)OCCOC. The molecule has 0 aromatic heterocycles. The summed E-state index contributed by atoms with van der Waals surface area (Å²) in [6.07, 6.45) is 7.35. The van der Waals surface area contributed by atoms with E-state index in [9.17, 15) is 9.59 Å². The number of carbonyl (C=O) groups excluding carboxylic acids is 2. The van der Waals surface area contributed by atoms with E-state index < -0.39 is 5.41 Å². The number of ether oxygens (including phenoxy) is 2. The highest BCUT2D eigenvalue weighted by molar-refractivity contribution is 5.78. The fraction of sp³-hybridized carbons (Fsp3) is 0.905. The van der Waals surface area contributed by atoms with Crippen LogP contribution in [0.3, 0.4) is 0 Å². The molecule has 26 heavy (non-hydrogen) atoms. The molecule has 0 aromatic rings. The van der Waals surface area contributed by atoms with Crippen LogP contribution in [0.2, 0.25) is 0 Å². The monoisotopic (exact) mass is 369 g/mol. The highest BCUT2D eigenvalue weighted by Crippen LogP contribution is 2.43. The molecule has 1 amide bonds. The molecule has 1 saturated carbocycles. The molecule has 3 atom stereocenters.